The highest BCUT2D eigenvalue weighted by atomic mass is 35.5. The molecule has 0 atom stereocenters. The maximum atomic E-state index is 12.1. The van der Waals surface area contributed by atoms with Gasteiger partial charge in [-0.3, -0.25) is 19.5 Å². The molecule has 3 aromatic rings. The summed E-state index contributed by atoms with van der Waals surface area (Å²) >= 11 is 8.06. The van der Waals surface area contributed by atoms with E-state index in [0.29, 0.717) is 30.5 Å². The average Bonchev–Trinajstić information content (AvgIpc) is 3.39. The first-order chi connectivity index (χ1) is 16.4. The first kappa shape index (κ1) is 23.3. The Hall–Kier alpha value is -2.48. The molecule has 8 heteroatoms. The van der Waals surface area contributed by atoms with Crippen LogP contribution in [-0.2, 0) is 16.1 Å². The van der Waals surface area contributed by atoms with Gasteiger partial charge < -0.3 is 10.1 Å². The predicted molar refractivity (Wildman–Crippen MR) is 135 cm³/mol. The monoisotopic (exact) mass is 497 g/mol. The molecule has 0 unspecified atom stereocenters. The smallest absolute Gasteiger partial charge is 0.230 e. The van der Waals surface area contributed by atoms with E-state index in [1.807, 2.05) is 38.2 Å². The van der Waals surface area contributed by atoms with Crippen molar-refractivity contribution in [3.63, 3.8) is 0 Å². The molecule has 2 fully saturated rings. The number of nitrogens with zero attached hydrogens (tertiary/aromatic N) is 2. The number of aryl methyl sites for hydroxylation is 1. The number of nitrogens with one attached hydrogen (secondary N) is 1. The molecule has 2 amide bonds. The maximum Gasteiger partial charge on any atom is 0.230 e. The van der Waals surface area contributed by atoms with Crippen molar-refractivity contribution >= 4 is 45.0 Å². The number of fused-ring (bicyclic) bond motifs is 1. The van der Waals surface area contributed by atoms with Crippen LogP contribution in [0.3, 0.4) is 0 Å². The molecule has 1 aliphatic carbocycles. The second kappa shape index (κ2) is 9.64. The third-order valence-electron chi connectivity index (χ3n) is 6.83. The van der Waals surface area contributed by atoms with Crippen molar-refractivity contribution < 1.29 is 14.3 Å². The fraction of sp³-hybridized carbons (Fsp3) is 0.423. The van der Waals surface area contributed by atoms with Crippen LogP contribution in [0, 0.1) is 6.92 Å². The van der Waals surface area contributed by atoms with E-state index in [2.05, 4.69) is 10.3 Å². The highest BCUT2D eigenvalue weighted by Crippen LogP contribution is 2.42. The van der Waals surface area contributed by atoms with Crippen molar-refractivity contribution in [3.05, 3.63) is 45.9 Å². The number of thiophene rings is 1. The molecule has 2 aromatic heterocycles. The minimum atomic E-state index is -0.107. The van der Waals surface area contributed by atoms with E-state index in [9.17, 15) is 9.59 Å². The van der Waals surface area contributed by atoms with Crippen LogP contribution >= 0.6 is 22.9 Å². The van der Waals surface area contributed by atoms with Gasteiger partial charge >= 0.3 is 0 Å². The molecule has 6 nitrogen and oxygen atoms in total. The SMILES string of the molecule is CN[C@H]1CC[C@H](Oc2c(C)cc(Cl)cc2-c2ccnc3cc(CN4C(=O)CCC4=O)sc23)CC1. The van der Waals surface area contributed by atoms with Gasteiger partial charge in [0.25, 0.3) is 0 Å². The van der Waals surface area contributed by atoms with Crippen LogP contribution in [0.2, 0.25) is 5.02 Å². The molecular formula is C26H28ClN3O3S. The van der Waals surface area contributed by atoms with Gasteiger partial charge in [0.2, 0.25) is 11.8 Å². The largest absolute Gasteiger partial charge is 0.490 e. The van der Waals surface area contributed by atoms with E-state index in [1.165, 1.54) is 4.90 Å². The summed E-state index contributed by atoms with van der Waals surface area (Å²) in [6.07, 6.45) is 6.79. The molecule has 0 bridgehead atoms. The number of hydrogen-bond donors (Lipinski definition) is 1. The van der Waals surface area contributed by atoms with Gasteiger partial charge in [0.15, 0.2) is 0 Å². The number of carbonyl (C=O) groups excluding carboxylic acids is 2. The Balaban J connectivity index is 1.50. The molecule has 5 rings (SSSR count). The van der Waals surface area contributed by atoms with Crippen LogP contribution in [0.15, 0.2) is 30.5 Å². The Bertz CT molecular complexity index is 1230. The van der Waals surface area contributed by atoms with Gasteiger partial charge in [-0.1, -0.05) is 11.6 Å². The molecule has 1 N–H and O–H groups in total. The first-order valence-electron chi connectivity index (χ1n) is 11.8. The van der Waals surface area contributed by atoms with Crippen LogP contribution < -0.4 is 10.1 Å². The van der Waals surface area contributed by atoms with Crippen molar-refractivity contribution in [1.82, 2.24) is 15.2 Å². The van der Waals surface area contributed by atoms with Gasteiger partial charge in [0.05, 0.1) is 22.9 Å². The molecule has 3 heterocycles. The number of carbonyl (C=O) groups is 2. The number of pyridine rings is 1. The standard InChI is InChI=1S/C26H28ClN3O3S/c1-15-11-16(27)12-21(25(15)33-18-5-3-17(28-2)4-6-18)20-9-10-29-22-13-19(34-26(20)22)14-30-23(31)7-8-24(30)32/h9-13,17-18,28H,3-8,14H2,1-2H3/t17-,18-. The molecule has 2 aliphatic rings. The zero-order valence-electron chi connectivity index (χ0n) is 19.4. The minimum absolute atomic E-state index is 0.107. The average molecular weight is 498 g/mol. The van der Waals surface area contributed by atoms with Crippen molar-refractivity contribution in [3.8, 4) is 16.9 Å². The Morgan fingerprint density at radius 3 is 2.56 bits per heavy atom. The Morgan fingerprint density at radius 1 is 1.12 bits per heavy atom. The Kier molecular flexibility index (Phi) is 6.60. The molecule has 1 aliphatic heterocycles. The molecule has 0 radical (unpaired) electrons. The number of imide groups is 1. The number of benzene rings is 1. The van der Waals surface area contributed by atoms with Crippen molar-refractivity contribution in [2.45, 2.75) is 64.1 Å². The van der Waals surface area contributed by atoms with Crippen LogP contribution in [0.25, 0.3) is 21.3 Å². The van der Waals surface area contributed by atoms with E-state index in [4.69, 9.17) is 16.3 Å². The summed E-state index contributed by atoms with van der Waals surface area (Å²) in [6, 6.07) is 8.43. The maximum absolute atomic E-state index is 12.1. The molecule has 0 spiro atoms. The molecule has 34 heavy (non-hydrogen) atoms. The number of amides is 2. The Morgan fingerprint density at radius 2 is 1.85 bits per heavy atom. The normalized spacial score (nSPS) is 21.0. The fourth-order valence-electron chi connectivity index (χ4n) is 4.96. The number of hydrogen-bond acceptors (Lipinski definition) is 6. The van der Waals surface area contributed by atoms with Crippen molar-refractivity contribution in [2.75, 3.05) is 7.05 Å². The molecule has 1 saturated heterocycles. The number of ether oxygens (including phenoxy) is 1. The van der Waals surface area contributed by atoms with Crippen LogP contribution in [0.1, 0.15) is 49.0 Å². The molecular weight excluding hydrogens is 470 g/mol. The fourth-order valence-corrected chi connectivity index (χ4v) is 6.36. The number of halogens is 1. The summed E-state index contributed by atoms with van der Waals surface area (Å²) in [6.45, 7) is 2.33. The van der Waals surface area contributed by atoms with Gasteiger partial charge in [0.1, 0.15) is 5.75 Å². The van der Waals surface area contributed by atoms with Gasteiger partial charge in [-0.25, -0.2) is 0 Å². The lowest BCUT2D eigenvalue weighted by atomic mass is 9.93. The highest BCUT2D eigenvalue weighted by molar-refractivity contribution is 7.19. The topological polar surface area (TPSA) is 71.5 Å². The van der Waals surface area contributed by atoms with Gasteiger partial charge in [0, 0.05) is 46.1 Å². The molecule has 1 aromatic carbocycles. The van der Waals surface area contributed by atoms with E-state index in [1.54, 1.807) is 17.5 Å². The minimum Gasteiger partial charge on any atom is -0.490 e. The summed E-state index contributed by atoms with van der Waals surface area (Å²) in [5.41, 5.74) is 3.81. The van der Waals surface area contributed by atoms with E-state index < -0.39 is 0 Å². The summed E-state index contributed by atoms with van der Waals surface area (Å²) in [7, 11) is 2.02. The highest BCUT2D eigenvalue weighted by Gasteiger charge is 2.29. The lowest BCUT2D eigenvalue weighted by molar-refractivity contribution is -0.138. The quantitative estimate of drug-likeness (QED) is 0.456. The number of rotatable bonds is 6. The second-order valence-electron chi connectivity index (χ2n) is 9.14. The van der Waals surface area contributed by atoms with Crippen molar-refractivity contribution in [2.24, 2.45) is 0 Å². The summed E-state index contributed by atoms with van der Waals surface area (Å²) in [4.78, 5) is 31.0. The third kappa shape index (κ3) is 4.57. The van der Waals surface area contributed by atoms with Crippen LogP contribution in [-0.4, -0.2) is 40.9 Å². The lowest BCUT2D eigenvalue weighted by Gasteiger charge is -2.30. The van der Waals surface area contributed by atoms with Gasteiger partial charge in [-0.05, 0) is 69.5 Å². The van der Waals surface area contributed by atoms with Gasteiger partial charge in [-0.2, -0.15) is 0 Å². The molecule has 1 saturated carbocycles. The predicted octanol–water partition coefficient (Wildman–Crippen LogP) is 5.48. The summed E-state index contributed by atoms with van der Waals surface area (Å²) in [5.74, 6) is 0.652. The Labute approximate surface area is 208 Å². The molecule has 178 valence electrons. The number of aromatic nitrogens is 1. The third-order valence-corrected chi connectivity index (χ3v) is 8.19. The van der Waals surface area contributed by atoms with Crippen molar-refractivity contribution in [1.29, 1.82) is 0 Å². The van der Waals surface area contributed by atoms with E-state index >= 15 is 0 Å². The lowest BCUT2D eigenvalue weighted by Crippen LogP contribution is -2.34. The zero-order valence-corrected chi connectivity index (χ0v) is 21.0. The number of likely N-dealkylation sites (tertiary alicyclic amines) is 1. The van der Waals surface area contributed by atoms with Crippen LogP contribution in [0.5, 0.6) is 5.75 Å². The van der Waals surface area contributed by atoms with E-state index in [-0.39, 0.29) is 17.9 Å². The van der Waals surface area contributed by atoms with Crippen LogP contribution in [0.4, 0.5) is 0 Å². The summed E-state index contributed by atoms with van der Waals surface area (Å²) < 4.78 is 7.61. The van der Waals surface area contributed by atoms with Gasteiger partial charge in [-0.15, -0.1) is 11.3 Å². The second-order valence-corrected chi connectivity index (χ2v) is 10.7. The zero-order chi connectivity index (χ0) is 23.8. The van der Waals surface area contributed by atoms with E-state index in [0.717, 1.165) is 63.2 Å². The first-order valence-corrected chi connectivity index (χ1v) is 13.0. The summed E-state index contributed by atoms with van der Waals surface area (Å²) in [5, 5.41) is 4.03.